The van der Waals surface area contributed by atoms with Gasteiger partial charge in [0.25, 0.3) is 5.91 Å². The highest BCUT2D eigenvalue weighted by Crippen LogP contribution is 2.23. The molecule has 1 aliphatic rings. The normalized spacial score (nSPS) is 13.6. The lowest BCUT2D eigenvalue weighted by atomic mass is 10.2. The molecule has 0 radical (unpaired) electrons. The minimum Gasteiger partial charge on any atom is -0.452 e. The summed E-state index contributed by atoms with van der Waals surface area (Å²) in [6.07, 6.45) is 1.38. The number of benzene rings is 2. The maximum absolute atomic E-state index is 12.1. The molecule has 0 atom stereocenters. The molecule has 0 aliphatic carbocycles. The Hall–Kier alpha value is -2.86. The molecule has 1 fully saturated rings. The van der Waals surface area contributed by atoms with Crippen molar-refractivity contribution in [1.29, 1.82) is 0 Å². The molecule has 0 spiro atoms. The van der Waals surface area contributed by atoms with Crippen molar-refractivity contribution in [3.8, 4) is 0 Å². The maximum Gasteiger partial charge on any atom is 0.338 e. The number of hydrogen-bond acceptors (Lipinski definition) is 4. The molecule has 27 heavy (non-hydrogen) atoms. The number of nitrogens with zero attached hydrogens (tertiary/aromatic N) is 1. The minimum absolute atomic E-state index is 0.0803. The fraction of sp³-hybridized carbons (Fsp3) is 0.250. The Bertz CT molecular complexity index is 880. The Morgan fingerprint density at radius 3 is 2.56 bits per heavy atom. The molecule has 0 unspecified atom stereocenters. The highest BCUT2D eigenvalue weighted by Gasteiger charge is 2.22. The van der Waals surface area contributed by atoms with Crippen LogP contribution in [-0.2, 0) is 14.3 Å². The summed E-state index contributed by atoms with van der Waals surface area (Å²) in [5, 5.41) is 3.02. The highest BCUT2D eigenvalue weighted by molar-refractivity contribution is 6.33. The van der Waals surface area contributed by atoms with Crippen molar-refractivity contribution in [2.45, 2.75) is 19.8 Å². The van der Waals surface area contributed by atoms with Crippen LogP contribution in [0.15, 0.2) is 42.5 Å². The number of aryl methyl sites for hydroxylation is 1. The van der Waals surface area contributed by atoms with Crippen molar-refractivity contribution < 1.29 is 19.1 Å². The minimum atomic E-state index is -0.612. The largest absolute Gasteiger partial charge is 0.452 e. The van der Waals surface area contributed by atoms with Gasteiger partial charge in [-0.25, -0.2) is 4.79 Å². The average Bonchev–Trinajstić information content (AvgIpc) is 3.08. The topological polar surface area (TPSA) is 75.7 Å². The average molecular weight is 387 g/mol. The second-order valence-electron chi connectivity index (χ2n) is 6.30. The lowest BCUT2D eigenvalue weighted by molar-refractivity contribution is -0.119. The summed E-state index contributed by atoms with van der Waals surface area (Å²) in [6, 6.07) is 11.8. The third-order valence-corrected chi connectivity index (χ3v) is 4.53. The molecular weight excluding hydrogens is 368 g/mol. The smallest absolute Gasteiger partial charge is 0.338 e. The molecule has 3 rings (SSSR count). The van der Waals surface area contributed by atoms with Gasteiger partial charge >= 0.3 is 5.97 Å². The Morgan fingerprint density at radius 1 is 1.19 bits per heavy atom. The fourth-order valence-corrected chi connectivity index (χ4v) is 3.10. The van der Waals surface area contributed by atoms with Crippen LogP contribution < -0.4 is 10.2 Å². The van der Waals surface area contributed by atoms with Crippen LogP contribution in [0.5, 0.6) is 0 Å². The van der Waals surface area contributed by atoms with Gasteiger partial charge in [-0.15, -0.1) is 0 Å². The number of carbonyl (C=O) groups excluding carboxylic acids is 3. The zero-order chi connectivity index (χ0) is 19.4. The predicted molar refractivity (Wildman–Crippen MR) is 103 cm³/mol. The van der Waals surface area contributed by atoms with Crippen LogP contribution in [0.25, 0.3) is 0 Å². The summed E-state index contributed by atoms with van der Waals surface area (Å²) < 4.78 is 5.04. The van der Waals surface area contributed by atoms with Crippen LogP contribution >= 0.6 is 11.6 Å². The zero-order valence-corrected chi connectivity index (χ0v) is 15.6. The maximum atomic E-state index is 12.1. The van der Waals surface area contributed by atoms with E-state index in [0.717, 1.165) is 17.7 Å². The molecule has 1 saturated heterocycles. The molecule has 2 amide bonds. The summed E-state index contributed by atoms with van der Waals surface area (Å²) in [5.41, 5.74) is 2.50. The number of anilines is 2. The number of halogens is 1. The van der Waals surface area contributed by atoms with Gasteiger partial charge in [-0.2, -0.15) is 0 Å². The first-order valence-corrected chi connectivity index (χ1v) is 8.95. The first-order valence-electron chi connectivity index (χ1n) is 8.57. The number of ether oxygens (including phenoxy) is 1. The van der Waals surface area contributed by atoms with Crippen molar-refractivity contribution in [3.05, 3.63) is 58.6 Å². The second-order valence-corrected chi connectivity index (χ2v) is 6.71. The Morgan fingerprint density at radius 2 is 1.93 bits per heavy atom. The van der Waals surface area contributed by atoms with E-state index in [9.17, 15) is 14.4 Å². The molecule has 1 aliphatic heterocycles. The second kappa shape index (κ2) is 8.22. The van der Waals surface area contributed by atoms with Gasteiger partial charge in [-0.3, -0.25) is 9.59 Å². The Balaban J connectivity index is 1.54. The molecule has 0 saturated carbocycles. The van der Waals surface area contributed by atoms with Gasteiger partial charge in [-0.05, 0) is 55.3 Å². The van der Waals surface area contributed by atoms with E-state index in [1.54, 1.807) is 41.3 Å². The number of esters is 1. The zero-order valence-electron chi connectivity index (χ0n) is 14.8. The van der Waals surface area contributed by atoms with Crippen LogP contribution in [-0.4, -0.2) is 30.9 Å². The summed E-state index contributed by atoms with van der Waals surface area (Å²) in [4.78, 5) is 37.5. The van der Waals surface area contributed by atoms with E-state index in [0.29, 0.717) is 29.2 Å². The van der Waals surface area contributed by atoms with Gasteiger partial charge in [0.05, 0.1) is 16.3 Å². The molecule has 140 valence electrons. The van der Waals surface area contributed by atoms with E-state index in [2.05, 4.69) is 5.32 Å². The van der Waals surface area contributed by atoms with Crippen LogP contribution in [0.4, 0.5) is 11.4 Å². The molecule has 6 nitrogen and oxygen atoms in total. The van der Waals surface area contributed by atoms with Crippen LogP contribution in [0.1, 0.15) is 28.8 Å². The van der Waals surface area contributed by atoms with Crippen molar-refractivity contribution in [1.82, 2.24) is 0 Å². The summed E-state index contributed by atoms with van der Waals surface area (Å²) in [6.45, 7) is 2.16. The van der Waals surface area contributed by atoms with Crippen LogP contribution in [0.2, 0.25) is 5.02 Å². The number of nitrogens with one attached hydrogen (secondary N) is 1. The molecule has 2 aromatic carbocycles. The third kappa shape index (κ3) is 4.65. The van der Waals surface area contributed by atoms with Crippen molar-refractivity contribution in [2.75, 3.05) is 23.4 Å². The van der Waals surface area contributed by atoms with E-state index in [-0.39, 0.29) is 5.91 Å². The van der Waals surface area contributed by atoms with Crippen LogP contribution in [0.3, 0.4) is 0 Å². The highest BCUT2D eigenvalue weighted by atomic mass is 35.5. The number of amides is 2. The molecule has 1 heterocycles. The Labute approximate surface area is 162 Å². The molecule has 0 bridgehead atoms. The van der Waals surface area contributed by atoms with E-state index in [1.807, 2.05) is 13.0 Å². The summed E-state index contributed by atoms with van der Waals surface area (Å²) >= 11 is 6.06. The van der Waals surface area contributed by atoms with E-state index in [1.165, 1.54) is 0 Å². The molecule has 7 heteroatoms. The standard InChI is InChI=1S/C20H19ClN2O4/c1-13-4-9-17(16(21)11-13)22-18(24)12-27-20(26)14-5-7-15(8-6-14)23-10-2-3-19(23)25/h4-9,11H,2-3,10,12H2,1H3,(H,22,24). The monoisotopic (exact) mass is 386 g/mol. The number of rotatable bonds is 5. The lowest BCUT2D eigenvalue weighted by Gasteiger charge is -2.15. The lowest BCUT2D eigenvalue weighted by Crippen LogP contribution is -2.23. The first kappa shape index (κ1) is 18.9. The van der Waals surface area contributed by atoms with Crippen molar-refractivity contribution >= 4 is 40.8 Å². The molecular formula is C20H19ClN2O4. The molecule has 2 aromatic rings. The van der Waals surface area contributed by atoms with E-state index >= 15 is 0 Å². The van der Waals surface area contributed by atoms with Crippen molar-refractivity contribution in [2.24, 2.45) is 0 Å². The van der Waals surface area contributed by atoms with E-state index < -0.39 is 18.5 Å². The quantitative estimate of drug-likeness (QED) is 0.797. The summed E-state index contributed by atoms with van der Waals surface area (Å²) in [5.74, 6) is -1.01. The molecule has 1 N–H and O–H groups in total. The first-order chi connectivity index (χ1) is 12.9. The number of carbonyl (C=O) groups is 3. The fourth-order valence-electron chi connectivity index (χ4n) is 2.82. The van der Waals surface area contributed by atoms with Gasteiger partial charge in [-0.1, -0.05) is 17.7 Å². The predicted octanol–water partition coefficient (Wildman–Crippen LogP) is 3.57. The van der Waals surface area contributed by atoms with Gasteiger partial charge in [0.2, 0.25) is 5.91 Å². The SMILES string of the molecule is Cc1ccc(NC(=O)COC(=O)c2ccc(N3CCCC3=O)cc2)c(Cl)c1. The Kier molecular flexibility index (Phi) is 5.76. The third-order valence-electron chi connectivity index (χ3n) is 4.22. The van der Waals surface area contributed by atoms with Gasteiger partial charge in [0.15, 0.2) is 6.61 Å². The van der Waals surface area contributed by atoms with Crippen LogP contribution in [0, 0.1) is 6.92 Å². The van der Waals surface area contributed by atoms with Gasteiger partial charge < -0.3 is 15.0 Å². The van der Waals surface area contributed by atoms with Crippen molar-refractivity contribution in [3.63, 3.8) is 0 Å². The number of hydrogen-bond donors (Lipinski definition) is 1. The summed E-state index contributed by atoms with van der Waals surface area (Å²) in [7, 11) is 0. The molecule has 0 aromatic heterocycles. The van der Waals surface area contributed by atoms with Gasteiger partial charge in [0, 0.05) is 18.7 Å². The van der Waals surface area contributed by atoms with Gasteiger partial charge in [0.1, 0.15) is 0 Å². The van der Waals surface area contributed by atoms with E-state index in [4.69, 9.17) is 16.3 Å².